The molecule has 0 saturated carbocycles. The summed E-state index contributed by atoms with van der Waals surface area (Å²) >= 11 is 0. The number of aromatic nitrogens is 6. The molecule has 2 aliphatic rings. The highest BCUT2D eigenvalue weighted by Gasteiger charge is 2.31. The lowest BCUT2D eigenvalue weighted by atomic mass is 10.1. The maximum absolute atomic E-state index is 13.0. The number of rotatable bonds is 8. The van der Waals surface area contributed by atoms with Gasteiger partial charge in [-0.15, -0.1) is 0 Å². The van der Waals surface area contributed by atoms with E-state index in [0.717, 1.165) is 82.5 Å². The minimum Gasteiger partial charge on any atom is -0.444 e. The van der Waals surface area contributed by atoms with Crippen molar-refractivity contribution in [3.05, 3.63) is 59.4 Å². The maximum atomic E-state index is 13.0. The van der Waals surface area contributed by atoms with Crippen LogP contribution in [0, 0.1) is 6.92 Å². The van der Waals surface area contributed by atoms with Gasteiger partial charge in [0, 0.05) is 58.1 Å². The van der Waals surface area contributed by atoms with Gasteiger partial charge >= 0.3 is 6.09 Å². The van der Waals surface area contributed by atoms with Crippen molar-refractivity contribution >= 4 is 14.2 Å². The Bertz CT molecular complexity index is 1710. The fraction of sp³-hybridized carbons (Fsp3) is 0.500. The Balaban J connectivity index is 1.39. The van der Waals surface area contributed by atoms with Gasteiger partial charge in [-0.1, -0.05) is 25.7 Å². The maximum Gasteiger partial charge on any atom is 0.410 e. The van der Waals surface area contributed by atoms with Crippen molar-refractivity contribution in [2.24, 2.45) is 0 Å². The van der Waals surface area contributed by atoms with Gasteiger partial charge in [-0.25, -0.2) is 14.8 Å². The van der Waals surface area contributed by atoms with Gasteiger partial charge in [0.05, 0.1) is 29.3 Å². The van der Waals surface area contributed by atoms with Gasteiger partial charge in [-0.2, -0.15) is 0 Å². The zero-order valence-corrected chi connectivity index (χ0v) is 28.7. The Hall–Kier alpha value is -3.83. The first-order valence-corrected chi connectivity index (χ1v) is 19.7. The summed E-state index contributed by atoms with van der Waals surface area (Å²) in [6.45, 7) is 17.7. The highest BCUT2D eigenvalue weighted by molar-refractivity contribution is 6.76. The number of amides is 1. The van der Waals surface area contributed by atoms with Crippen LogP contribution in [-0.2, 0) is 42.1 Å². The second-order valence-corrected chi connectivity index (χ2v) is 20.0. The van der Waals surface area contributed by atoms with Gasteiger partial charge in [0.2, 0.25) is 0 Å². The summed E-state index contributed by atoms with van der Waals surface area (Å²) in [4.78, 5) is 34.6. The van der Waals surface area contributed by atoms with E-state index in [1.807, 2.05) is 58.2 Å². The third-order valence-electron chi connectivity index (χ3n) is 8.21. The molecule has 0 unspecified atom stereocenters. The number of hydrogen-bond donors (Lipinski definition) is 0. The van der Waals surface area contributed by atoms with Crippen molar-refractivity contribution < 1.29 is 14.3 Å². The van der Waals surface area contributed by atoms with Gasteiger partial charge in [-0.3, -0.25) is 9.97 Å². The van der Waals surface area contributed by atoms with Gasteiger partial charge in [-0.05, 0) is 64.4 Å². The van der Waals surface area contributed by atoms with Crippen molar-refractivity contribution in [1.82, 2.24) is 34.0 Å². The fourth-order valence-corrected chi connectivity index (χ4v) is 6.69. The normalized spacial score (nSPS) is 14.9. The topological polar surface area (TPSA) is 100 Å². The van der Waals surface area contributed by atoms with E-state index in [0.29, 0.717) is 32.8 Å². The van der Waals surface area contributed by atoms with Crippen LogP contribution in [0.1, 0.15) is 50.1 Å². The average Bonchev–Trinajstić information content (AvgIpc) is 3.67. The molecule has 0 radical (unpaired) electrons. The summed E-state index contributed by atoms with van der Waals surface area (Å²) in [5, 5.41) is 0. The van der Waals surface area contributed by atoms with Gasteiger partial charge in [0.25, 0.3) is 0 Å². The summed E-state index contributed by atoms with van der Waals surface area (Å²) in [6.07, 6.45) is 4.21. The van der Waals surface area contributed by atoms with E-state index < -0.39 is 13.7 Å². The van der Waals surface area contributed by atoms with E-state index in [1.54, 1.807) is 4.90 Å². The molecule has 0 aromatic carbocycles. The lowest BCUT2D eigenvalue weighted by Crippen LogP contribution is -2.40. The van der Waals surface area contributed by atoms with E-state index in [9.17, 15) is 4.79 Å². The fourth-order valence-electron chi connectivity index (χ4n) is 5.94. The Labute approximate surface area is 266 Å². The molecule has 0 spiro atoms. The number of nitrogens with zero attached hydrogens (tertiary/aromatic N) is 7. The van der Waals surface area contributed by atoms with Crippen molar-refractivity contribution in [2.45, 2.75) is 98.1 Å². The van der Waals surface area contributed by atoms with Gasteiger partial charge in [0.1, 0.15) is 29.5 Å². The molecule has 0 fully saturated rings. The summed E-state index contributed by atoms with van der Waals surface area (Å²) in [6, 6.07) is 11.3. The third-order valence-corrected chi connectivity index (χ3v) is 9.91. The number of hydrogen-bond acceptors (Lipinski definition) is 7. The van der Waals surface area contributed by atoms with Crippen LogP contribution in [-0.4, -0.2) is 66.9 Å². The number of carbonyl (C=O) groups is 1. The second kappa shape index (κ2) is 12.2. The zero-order chi connectivity index (χ0) is 31.9. The summed E-state index contributed by atoms with van der Waals surface area (Å²) in [5.41, 5.74) is 6.97. The largest absolute Gasteiger partial charge is 0.444 e. The molecule has 1 amide bonds. The highest BCUT2D eigenvalue weighted by atomic mass is 28.3. The Morgan fingerprint density at radius 2 is 1.84 bits per heavy atom. The first kappa shape index (κ1) is 31.2. The van der Waals surface area contributed by atoms with Crippen LogP contribution in [0.15, 0.2) is 36.5 Å². The number of aryl methyl sites for hydroxylation is 2. The first-order chi connectivity index (χ1) is 21.4. The summed E-state index contributed by atoms with van der Waals surface area (Å²) in [7, 11) is -1.26. The summed E-state index contributed by atoms with van der Waals surface area (Å²) in [5.74, 6) is 1.84. The monoisotopic (exact) mass is 627 g/mol. The molecule has 0 aliphatic carbocycles. The molecule has 2 aliphatic heterocycles. The van der Waals surface area contributed by atoms with Crippen LogP contribution in [0.3, 0.4) is 0 Å². The molecule has 4 aromatic rings. The molecule has 6 rings (SSSR count). The molecular weight excluding hydrogens is 583 g/mol. The SMILES string of the molecule is Cc1cccc(-c2nc3n(c2-c2ccnc(-c4nc5c(n4COCC[Si](C)(C)C)CN(C(=O)OC(C)(C)C)CC5)c2)CCC3)n1. The standard InChI is InChI=1S/C34H45N7O3Si/c1-23-10-8-11-26(36-23)30-31(40-16-9-12-29(40)38-30)24-13-15-35-27(20-24)32-37-25-14-17-39(33(42)44-34(2,3)4)21-28(25)41(32)22-43-18-19-45(5,6)7/h8,10-11,13,15,20H,9,12,14,16-19,21-22H2,1-7H3. The van der Waals surface area contributed by atoms with Crippen LogP contribution in [0.2, 0.25) is 25.7 Å². The third kappa shape index (κ3) is 6.89. The second-order valence-electron chi connectivity index (χ2n) is 14.3. The van der Waals surface area contributed by atoms with E-state index in [1.165, 1.54) is 0 Å². The number of pyridine rings is 2. The van der Waals surface area contributed by atoms with Crippen LogP contribution in [0.25, 0.3) is 34.2 Å². The van der Waals surface area contributed by atoms with E-state index in [2.05, 4.69) is 34.8 Å². The highest BCUT2D eigenvalue weighted by Crippen LogP contribution is 2.37. The Morgan fingerprint density at radius 1 is 1.02 bits per heavy atom. The molecule has 0 N–H and O–H groups in total. The quantitative estimate of drug-likeness (QED) is 0.158. The number of fused-ring (bicyclic) bond motifs is 2. The molecule has 11 heteroatoms. The van der Waals surface area contributed by atoms with Crippen LogP contribution in [0.4, 0.5) is 4.79 Å². The molecule has 0 atom stereocenters. The number of ether oxygens (including phenoxy) is 2. The molecule has 0 saturated heterocycles. The molecule has 10 nitrogen and oxygen atoms in total. The molecule has 45 heavy (non-hydrogen) atoms. The predicted octanol–water partition coefficient (Wildman–Crippen LogP) is 6.73. The van der Waals surface area contributed by atoms with Crippen molar-refractivity contribution in [1.29, 1.82) is 0 Å². The minimum atomic E-state index is -1.26. The molecule has 6 heterocycles. The van der Waals surface area contributed by atoms with Crippen molar-refractivity contribution in [3.63, 3.8) is 0 Å². The lowest BCUT2D eigenvalue weighted by Gasteiger charge is -2.30. The van der Waals surface area contributed by atoms with Crippen molar-refractivity contribution in [3.8, 4) is 34.2 Å². The predicted molar refractivity (Wildman–Crippen MR) is 177 cm³/mol. The van der Waals surface area contributed by atoms with Crippen LogP contribution >= 0.6 is 0 Å². The Kier molecular flexibility index (Phi) is 8.42. The van der Waals surface area contributed by atoms with E-state index >= 15 is 0 Å². The van der Waals surface area contributed by atoms with E-state index in [4.69, 9.17) is 29.4 Å². The smallest absolute Gasteiger partial charge is 0.410 e. The van der Waals surface area contributed by atoms with Crippen molar-refractivity contribution in [2.75, 3.05) is 13.2 Å². The van der Waals surface area contributed by atoms with Crippen LogP contribution < -0.4 is 0 Å². The van der Waals surface area contributed by atoms with Crippen LogP contribution in [0.5, 0.6) is 0 Å². The molecule has 0 bridgehead atoms. The van der Waals surface area contributed by atoms with E-state index in [-0.39, 0.29) is 6.09 Å². The molecular formula is C34H45N7O3Si. The zero-order valence-electron chi connectivity index (χ0n) is 27.7. The Morgan fingerprint density at radius 3 is 2.60 bits per heavy atom. The van der Waals surface area contributed by atoms with Gasteiger partial charge < -0.3 is 23.5 Å². The number of imidazole rings is 2. The molecule has 238 valence electrons. The lowest BCUT2D eigenvalue weighted by molar-refractivity contribution is 0.0208. The first-order valence-electron chi connectivity index (χ1n) is 16.0. The summed E-state index contributed by atoms with van der Waals surface area (Å²) < 4.78 is 16.4. The number of carbonyl (C=O) groups excluding carboxylic acids is 1. The average molecular weight is 628 g/mol. The molecule has 4 aromatic heterocycles. The minimum absolute atomic E-state index is 0.311. The van der Waals surface area contributed by atoms with Gasteiger partial charge in [0.15, 0.2) is 5.82 Å².